The van der Waals surface area contributed by atoms with Crippen molar-refractivity contribution in [3.63, 3.8) is 0 Å². The Labute approximate surface area is 203 Å². The van der Waals surface area contributed by atoms with Gasteiger partial charge >= 0.3 is 0 Å². The molecule has 0 heterocycles. The number of nitrogens with one attached hydrogen (secondary N) is 1. The van der Waals surface area contributed by atoms with Gasteiger partial charge in [0, 0.05) is 26.7 Å². The van der Waals surface area contributed by atoms with E-state index in [9.17, 15) is 14.9 Å². The quantitative estimate of drug-likeness (QED) is 0.229. The number of rotatable bonds is 9. The van der Waals surface area contributed by atoms with Crippen LogP contribution in [0.4, 0.5) is 5.69 Å². The third-order valence-electron chi connectivity index (χ3n) is 4.52. The summed E-state index contributed by atoms with van der Waals surface area (Å²) in [6.45, 7) is 0.328. The van der Waals surface area contributed by atoms with Gasteiger partial charge in [-0.1, -0.05) is 41.9 Å². The van der Waals surface area contributed by atoms with Crippen LogP contribution in [0.25, 0.3) is 0 Å². The summed E-state index contributed by atoms with van der Waals surface area (Å²) in [4.78, 5) is 22.7. The number of benzene rings is 3. The monoisotopic (exact) mass is 531 g/mol. The predicted octanol–water partition coefficient (Wildman–Crippen LogP) is 5.29. The molecular formula is C23H19BrClN3O5. The molecule has 3 rings (SSSR count). The van der Waals surface area contributed by atoms with E-state index in [1.54, 1.807) is 36.4 Å². The standard InChI is InChI=1S/C23H19BrClN3O5/c1-32-21-10-17(19(24)12-22(21)33-14-15-6-8-18(25)9-7-15)13-26-27-23(29)11-16-4-2-3-5-20(16)28(30)31/h2-10,12-13H,11,14H2,1H3,(H,27,29)/b26-13+. The van der Waals surface area contributed by atoms with Gasteiger partial charge in [-0.15, -0.1) is 0 Å². The molecule has 3 aromatic carbocycles. The zero-order valence-electron chi connectivity index (χ0n) is 17.5. The average Bonchev–Trinajstić information content (AvgIpc) is 2.80. The van der Waals surface area contributed by atoms with Crippen LogP contribution in [0.3, 0.4) is 0 Å². The summed E-state index contributed by atoms with van der Waals surface area (Å²) in [7, 11) is 1.52. The first-order chi connectivity index (χ1) is 15.9. The van der Waals surface area contributed by atoms with Crippen molar-refractivity contribution in [1.29, 1.82) is 0 Å². The summed E-state index contributed by atoms with van der Waals surface area (Å²) in [5.41, 5.74) is 4.16. The Morgan fingerprint density at radius 1 is 1.18 bits per heavy atom. The molecule has 0 aliphatic rings. The largest absolute Gasteiger partial charge is 0.493 e. The lowest BCUT2D eigenvalue weighted by molar-refractivity contribution is -0.385. The van der Waals surface area contributed by atoms with E-state index in [1.165, 1.54) is 25.5 Å². The van der Waals surface area contributed by atoms with Gasteiger partial charge in [-0.25, -0.2) is 5.43 Å². The molecule has 0 saturated heterocycles. The molecule has 10 heteroatoms. The van der Waals surface area contributed by atoms with Gasteiger partial charge in [0.1, 0.15) is 6.61 Å². The fraction of sp³-hybridized carbons (Fsp3) is 0.130. The van der Waals surface area contributed by atoms with E-state index in [0.717, 1.165) is 5.56 Å². The summed E-state index contributed by atoms with van der Waals surface area (Å²) >= 11 is 9.36. The Hall–Kier alpha value is -3.43. The van der Waals surface area contributed by atoms with Crippen LogP contribution in [0.5, 0.6) is 11.5 Å². The minimum Gasteiger partial charge on any atom is -0.493 e. The average molecular weight is 533 g/mol. The molecule has 0 fully saturated rings. The van der Waals surface area contributed by atoms with E-state index >= 15 is 0 Å². The molecular weight excluding hydrogens is 514 g/mol. The van der Waals surface area contributed by atoms with Crippen LogP contribution < -0.4 is 14.9 Å². The maximum absolute atomic E-state index is 12.2. The highest BCUT2D eigenvalue weighted by Gasteiger charge is 2.15. The summed E-state index contributed by atoms with van der Waals surface area (Å²) in [5.74, 6) is 0.531. The Bertz CT molecular complexity index is 1190. The summed E-state index contributed by atoms with van der Waals surface area (Å²) in [6.07, 6.45) is 1.27. The Balaban J connectivity index is 1.65. The minimum atomic E-state index is -0.522. The van der Waals surface area contributed by atoms with Gasteiger partial charge in [-0.3, -0.25) is 14.9 Å². The van der Waals surface area contributed by atoms with Gasteiger partial charge < -0.3 is 9.47 Å². The molecule has 3 aromatic rings. The molecule has 8 nitrogen and oxygen atoms in total. The van der Waals surface area contributed by atoms with E-state index in [0.29, 0.717) is 38.7 Å². The van der Waals surface area contributed by atoms with Gasteiger partial charge in [-0.05, 0) is 45.8 Å². The number of ether oxygens (including phenoxy) is 2. The van der Waals surface area contributed by atoms with Crippen molar-refractivity contribution in [1.82, 2.24) is 5.43 Å². The van der Waals surface area contributed by atoms with E-state index in [2.05, 4.69) is 26.5 Å². The Kier molecular flexibility index (Phi) is 8.39. The number of para-hydroxylation sites is 1. The van der Waals surface area contributed by atoms with Crippen molar-refractivity contribution >= 4 is 45.3 Å². The number of carbonyl (C=O) groups is 1. The van der Waals surface area contributed by atoms with Crippen molar-refractivity contribution in [2.24, 2.45) is 5.10 Å². The van der Waals surface area contributed by atoms with Crippen molar-refractivity contribution in [3.8, 4) is 11.5 Å². The first-order valence-electron chi connectivity index (χ1n) is 9.66. The number of carbonyl (C=O) groups excluding carboxylic acids is 1. The molecule has 33 heavy (non-hydrogen) atoms. The lowest BCUT2D eigenvalue weighted by atomic mass is 10.1. The molecule has 170 valence electrons. The fourth-order valence-electron chi connectivity index (χ4n) is 2.89. The van der Waals surface area contributed by atoms with Crippen LogP contribution in [-0.2, 0) is 17.8 Å². The molecule has 0 aliphatic carbocycles. The number of amides is 1. The van der Waals surface area contributed by atoms with Gasteiger partial charge in [0.25, 0.3) is 5.69 Å². The lowest BCUT2D eigenvalue weighted by Crippen LogP contribution is -2.20. The number of nitro benzene ring substituents is 1. The van der Waals surface area contributed by atoms with Gasteiger partial charge in [0.2, 0.25) is 5.91 Å². The number of halogens is 2. The fourth-order valence-corrected chi connectivity index (χ4v) is 3.44. The van der Waals surface area contributed by atoms with Crippen LogP contribution in [0.15, 0.2) is 70.2 Å². The summed E-state index contributed by atoms with van der Waals surface area (Å²) in [5, 5.41) is 15.7. The topological polar surface area (TPSA) is 103 Å². The number of methoxy groups -OCH3 is 1. The third-order valence-corrected chi connectivity index (χ3v) is 5.46. The lowest BCUT2D eigenvalue weighted by Gasteiger charge is -2.13. The van der Waals surface area contributed by atoms with Gasteiger partial charge in [0.15, 0.2) is 11.5 Å². The molecule has 0 unspecified atom stereocenters. The van der Waals surface area contributed by atoms with E-state index < -0.39 is 10.8 Å². The smallest absolute Gasteiger partial charge is 0.273 e. The van der Waals surface area contributed by atoms with Crippen molar-refractivity contribution in [3.05, 3.63) is 97.0 Å². The molecule has 0 aliphatic heterocycles. The van der Waals surface area contributed by atoms with Gasteiger partial charge in [-0.2, -0.15) is 5.10 Å². The Morgan fingerprint density at radius 3 is 2.61 bits per heavy atom. The second-order valence-corrected chi connectivity index (χ2v) is 8.09. The number of hydrazone groups is 1. The van der Waals surface area contributed by atoms with E-state index in [-0.39, 0.29) is 12.1 Å². The van der Waals surface area contributed by atoms with Crippen molar-refractivity contribution < 1.29 is 19.2 Å². The third kappa shape index (κ3) is 6.77. The van der Waals surface area contributed by atoms with Crippen LogP contribution in [0, 0.1) is 10.1 Å². The second kappa shape index (κ2) is 11.4. The number of hydrogen-bond acceptors (Lipinski definition) is 6. The van der Waals surface area contributed by atoms with E-state index in [4.69, 9.17) is 21.1 Å². The highest BCUT2D eigenvalue weighted by molar-refractivity contribution is 9.10. The van der Waals surface area contributed by atoms with Crippen LogP contribution in [0.1, 0.15) is 16.7 Å². The second-order valence-electron chi connectivity index (χ2n) is 6.80. The highest BCUT2D eigenvalue weighted by atomic mass is 79.9. The van der Waals surface area contributed by atoms with E-state index in [1.807, 2.05) is 12.1 Å². The Morgan fingerprint density at radius 2 is 1.91 bits per heavy atom. The number of hydrogen-bond donors (Lipinski definition) is 1. The predicted molar refractivity (Wildman–Crippen MR) is 129 cm³/mol. The summed E-state index contributed by atoms with van der Waals surface area (Å²) < 4.78 is 11.9. The van der Waals surface area contributed by atoms with Crippen LogP contribution in [-0.4, -0.2) is 24.2 Å². The maximum atomic E-state index is 12.2. The first kappa shape index (κ1) is 24.2. The minimum absolute atomic E-state index is 0.113. The molecule has 0 radical (unpaired) electrons. The van der Waals surface area contributed by atoms with Crippen LogP contribution >= 0.6 is 27.5 Å². The molecule has 0 saturated carbocycles. The zero-order chi connectivity index (χ0) is 23.8. The SMILES string of the molecule is COc1cc(/C=N/NC(=O)Cc2ccccc2[N+](=O)[O-])c(Br)cc1OCc1ccc(Cl)cc1. The van der Waals surface area contributed by atoms with Crippen molar-refractivity contribution in [2.45, 2.75) is 13.0 Å². The normalized spacial score (nSPS) is 10.8. The highest BCUT2D eigenvalue weighted by Crippen LogP contribution is 2.33. The first-order valence-corrected chi connectivity index (χ1v) is 10.8. The molecule has 1 N–H and O–H groups in total. The van der Waals surface area contributed by atoms with Gasteiger partial charge in [0.05, 0.1) is 24.7 Å². The molecule has 0 bridgehead atoms. The maximum Gasteiger partial charge on any atom is 0.273 e. The van der Waals surface area contributed by atoms with Crippen molar-refractivity contribution in [2.75, 3.05) is 7.11 Å². The summed E-state index contributed by atoms with van der Waals surface area (Å²) in [6, 6.07) is 16.8. The molecule has 1 amide bonds. The number of nitrogens with zero attached hydrogens (tertiary/aromatic N) is 2. The molecule has 0 spiro atoms. The van der Waals surface area contributed by atoms with Crippen LogP contribution in [0.2, 0.25) is 5.02 Å². The molecule has 0 aromatic heterocycles. The zero-order valence-corrected chi connectivity index (χ0v) is 19.8. The molecule has 0 atom stereocenters. The number of nitro groups is 1.